The summed E-state index contributed by atoms with van der Waals surface area (Å²) in [6, 6.07) is -3.86. The molecule has 0 fully saturated rings. The lowest BCUT2D eigenvalue weighted by Crippen LogP contribution is -2.57. The Morgan fingerprint density at radius 1 is 1.04 bits per heavy atom. The van der Waals surface area contributed by atoms with Crippen molar-refractivity contribution in [2.45, 2.75) is 57.8 Å². The second kappa shape index (κ2) is 9.83. The molecule has 0 aromatic carbocycles. The van der Waals surface area contributed by atoms with Crippen LogP contribution in [-0.2, 0) is 19.2 Å². The number of hydrogen-bond donors (Lipinski definition) is 6. The van der Waals surface area contributed by atoms with E-state index in [1.54, 1.807) is 0 Å². The third-order valence-electron chi connectivity index (χ3n) is 3.15. The molecule has 4 atom stereocenters. The van der Waals surface area contributed by atoms with Crippen molar-refractivity contribution in [1.82, 2.24) is 10.6 Å². The van der Waals surface area contributed by atoms with Crippen LogP contribution in [0.2, 0.25) is 0 Å². The van der Waals surface area contributed by atoms with Gasteiger partial charge in [0.25, 0.3) is 0 Å². The van der Waals surface area contributed by atoms with Gasteiger partial charge >= 0.3 is 5.97 Å². The minimum atomic E-state index is -1.59. The van der Waals surface area contributed by atoms with Gasteiger partial charge in [0.05, 0.1) is 18.6 Å². The number of primary amides is 1. The highest BCUT2D eigenvalue weighted by atomic mass is 16.4. The number of nitrogens with two attached hydrogens (primary N) is 2. The van der Waals surface area contributed by atoms with E-state index >= 15 is 0 Å². The van der Waals surface area contributed by atoms with Gasteiger partial charge in [-0.15, -0.1) is 0 Å². The predicted octanol–water partition coefficient (Wildman–Crippen LogP) is -2.33. The zero-order valence-electron chi connectivity index (χ0n) is 14.0. The van der Waals surface area contributed by atoms with Crippen molar-refractivity contribution in [2.24, 2.45) is 17.4 Å². The van der Waals surface area contributed by atoms with E-state index in [0.29, 0.717) is 6.42 Å². The molecule has 138 valence electrons. The molecule has 0 saturated heterocycles. The fraction of sp³-hybridized carbons (Fsp3) is 0.714. The smallest absolute Gasteiger partial charge is 0.328 e. The van der Waals surface area contributed by atoms with Gasteiger partial charge in [-0.2, -0.15) is 0 Å². The van der Waals surface area contributed by atoms with Gasteiger partial charge in [0.1, 0.15) is 6.04 Å². The number of amides is 3. The maximum Gasteiger partial charge on any atom is 0.328 e. The van der Waals surface area contributed by atoms with Gasteiger partial charge < -0.3 is 32.3 Å². The summed E-state index contributed by atoms with van der Waals surface area (Å²) in [5, 5.41) is 22.7. The normalized spacial score (nSPS) is 15.9. The molecule has 0 aliphatic carbocycles. The number of carbonyl (C=O) groups excluding carboxylic acids is 3. The second-order valence-corrected chi connectivity index (χ2v) is 6.03. The Bertz CT molecular complexity index is 480. The number of carbonyl (C=O) groups is 4. The summed E-state index contributed by atoms with van der Waals surface area (Å²) >= 11 is 0. The molecule has 4 unspecified atom stereocenters. The molecule has 3 amide bonds. The maximum absolute atomic E-state index is 12.1. The molecule has 10 nitrogen and oxygen atoms in total. The first kappa shape index (κ1) is 21.8. The van der Waals surface area contributed by atoms with Crippen molar-refractivity contribution in [3.63, 3.8) is 0 Å². The number of nitrogens with one attached hydrogen (secondary N) is 2. The zero-order valence-corrected chi connectivity index (χ0v) is 14.0. The summed E-state index contributed by atoms with van der Waals surface area (Å²) in [5.41, 5.74) is 10.7. The Hall–Kier alpha value is -2.20. The van der Waals surface area contributed by atoms with Crippen molar-refractivity contribution < 1.29 is 29.4 Å². The molecule has 0 radical (unpaired) electrons. The summed E-state index contributed by atoms with van der Waals surface area (Å²) in [7, 11) is 0. The lowest BCUT2D eigenvalue weighted by molar-refractivity contribution is -0.145. The van der Waals surface area contributed by atoms with Crippen LogP contribution in [0.15, 0.2) is 0 Å². The molecule has 0 saturated carbocycles. The van der Waals surface area contributed by atoms with Crippen LogP contribution in [0, 0.1) is 5.92 Å². The lowest BCUT2D eigenvalue weighted by Gasteiger charge is -2.23. The van der Waals surface area contributed by atoms with E-state index in [2.05, 4.69) is 10.6 Å². The van der Waals surface area contributed by atoms with Crippen LogP contribution in [0.3, 0.4) is 0 Å². The number of aliphatic hydroxyl groups excluding tert-OH is 1. The Morgan fingerprint density at radius 2 is 1.58 bits per heavy atom. The lowest BCUT2D eigenvalue weighted by atomic mass is 10.0. The van der Waals surface area contributed by atoms with E-state index in [1.165, 1.54) is 6.92 Å². The first-order valence-corrected chi connectivity index (χ1v) is 7.51. The highest BCUT2D eigenvalue weighted by molar-refractivity contribution is 5.94. The van der Waals surface area contributed by atoms with Crippen molar-refractivity contribution in [3.05, 3.63) is 0 Å². The van der Waals surface area contributed by atoms with Gasteiger partial charge in [-0.25, -0.2) is 4.79 Å². The number of carboxylic acid groups (broad SMARTS) is 1. The van der Waals surface area contributed by atoms with Crippen LogP contribution < -0.4 is 22.1 Å². The molecule has 0 rings (SSSR count). The van der Waals surface area contributed by atoms with E-state index in [9.17, 15) is 24.3 Å². The molecule has 8 N–H and O–H groups in total. The minimum absolute atomic E-state index is 0.140. The highest BCUT2D eigenvalue weighted by Crippen LogP contribution is 2.04. The average Bonchev–Trinajstić information content (AvgIpc) is 2.41. The fourth-order valence-corrected chi connectivity index (χ4v) is 1.95. The monoisotopic (exact) mass is 346 g/mol. The number of carboxylic acids is 1. The molecule has 24 heavy (non-hydrogen) atoms. The topological polar surface area (TPSA) is 185 Å². The minimum Gasteiger partial charge on any atom is -0.480 e. The van der Waals surface area contributed by atoms with Crippen molar-refractivity contribution in [1.29, 1.82) is 0 Å². The van der Waals surface area contributed by atoms with Gasteiger partial charge in [-0.3, -0.25) is 14.4 Å². The van der Waals surface area contributed by atoms with Crippen molar-refractivity contribution in [3.8, 4) is 0 Å². The predicted molar refractivity (Wildman–Crippen MR) is 84.4 cm³/mol. The second-order valence-electron chi connectivity index (χ2n) is 6.03. The van der Waals surface area contributed by atoms with E-state index in [0.717, 1.165) is 0 Å². The molecule has 10 heteroatoms. The quantitative estimate of drug-likeness (QED) is 0.256. The first-order valence-electron chi connectivity index (χ1n) is 7.51. The fourth-order valence-electron chi connectivity index (χ4n) is 1.95. The number of rotatable bonds is 10. The van der Waals surface area contributed by atoms with Crippen LogP contribution in [0.25, 0.3) is 0 Å². The summed E-state index contributed by atoms with van der Waals surface area (Å²) < 4.78 is 0. The van der Waals surface area contributed by atoms with Crippen LogP contribution in [0.1, 0.15) is 33.6 Å². The van der Waals surface area contributed by atoms with E-state index in [1.807, 2.05) is 13.8 Å². The SMILES string of the molecule is CC(C)CC(N)C(=O)NC(CC(N)=O)C(=O)NC(C(=O)O)C(C)O. The summed E-state index contributed by atoms with van der Waals surface area (Å²) in [4.78, 5) is 46.2. The van der Waals surface area contributed by atoms with E-state index in [4.69, 9.17) is 16.6 Å². The molecular formula is C14H26N4O6. The molecular weight excluding hydrogens is 320 g/mol. The highest BCUT2D eigenvalue weighted by Gasteiger charge is 2.31. The summed E-state index contributed by atoms with van der Waals surface area (Å²) in [6.45, 7) is 4.90. The third-order valence-corrected chi connectivity index (χ3v) is 3.15. The molecule has 0 aliphatic heterocycles. The Morgan fingerprint density at radius 3 is 1.96 bits per heavy atom. The molecule has 0 aliphatic rings. The third kappa shape index (κ3) is 7.88. The maximum atomic E-state index is 12.1. The Kier molecular flexibility index (Phi) is 8.93. The van der Waals surface area contributed by atoms with Crippen LogP contribution in [0.4, 0.5) is 0 Å². The van der Waals surface area contributed by atoms with E-state index in [-0.39, 0.29) is 5.92 Å². The Labute approximate surface area is 139 Å². The number of aliphatic carboxylic acids is 1. The van der Waals surface area contributed by atoms with Gasteiger partial charge in [0.2, 0.25) is 17.7 Å². The van der Waals surface area contributed by atoms with Gasteiger partial charge in [0.15, 0.2) is 6.04 Å². The molecule has 0 bridgehead atoms. The zero-order chi connectivity index (χ0) is 19.0. The van der Waals surface area contributed by atoms with Gasteiger partial charge in [0, 0.05) is 0 Å². The molecule has 0 aromatic heterocycles. The Balaban J connectivity index is 5.05. The molecule has 0 heterocycles. The summed E-state index contributed by atoms with van der Waals surface area (Å²) in [5.74, 6) is -3.79. The first-order chi connectivity index (χ1) is 11.0. The molecule has 0 spiro atoms. The van der Waals surface area contributed by atoms with Gasteiger partial charge in [-0.05, 0) is 19.3 Å². The standard InChI is InChI=1S/C14H26N4O6/c1-6(2)4-8(15)12(21)17-9(5-10(16)20)13(22)18-11(7(3)19)14(23)24/h6-9,11,19H,4-5,15H2,1-3H3,(H2,16,20)(H,17,21)(H,18,22)(H,23,24). The van der Waals surface area contributed by atoms with Crippen LogP contribution in [-0.4, -0.2) is 58.1 Å². The van der Waals surface area contributed by atoms with Gasteiger partial charge in [-0.1, -0.05) is 13.8 Å². The van der Waals surface area contributed by atoms with E-state index < -0.39 is 54.3 Å². The van der Waals surface area contributed by atoms with Crippen molar-refractivity contribution >= 4 is 23.7 Å². The number of hydrogen-bond acceptors (Lipinski definition) is 6. The molecule has 0 aromatic rings. The number of aliphatic hydroxyl groups is 1. The van der Waals surface area contributed by atoms with Crippen LogP contribution >= 0.6 is 0 Å². The average molecular weight is 346 g/mol. The van der Waals surface area contributed by atoms with Crippen molar-refractivity contribution in [2.75, 3.05) is 0 Å². The summed E-state index contributed by atoms with van der Waals surface area (Å²) in [6.07, 6.45) is -1.54. The largest absolute Gasteiger partial charge is 0.480 e. The van der Waals surface area contributed by atoms with Crippen LogP contribution in [0.5, 0.6) is 0 Å².